The van der Waals surface area contributed by atoms with Crippen LogP contribution < -0.4 is 11.1 Å². The number of carbonyl (C=O) groups is 2. The smallest absolute Gasteiger partial charge is 0.243 e. The number of amides is 2. The van der Waals surface area contributed by atoms with Crippen LogP contribution in [0.15, 0.2) is 12.1 Å². The maximum absolute atomic E-state index is 12.0. The average molecular weight is 314 g/mol. The SMILES string of the molecule is Cc1cc(C)c(NC(=O)CN(C)C(=O)[C@@H](C)N)c(C)c1.Cl. The lowest BCUT2D eigenvalue weighted by Gasteiger charge is -2.20. The molecule has 0 fully saturated rings. The Hall–Kier alpha value is -1.59. The van der Waals surface area contributed by atoms with Gasteiger partial charge < -0.3 is 16.0 Å². The lowest BCUT2D eigenvalue weighted by atomic mass is 10.1. The second-order valence-corrected chi connectivity index (χ2v) is 5.30. The van der Waals surface area contributed by atoms with E-state index < -0.39 is 6.04 Å². The Bertz CT molecular complexity index is 507. The number of benzene rings is 1. The first-order valence-corrected chi connectivity index (χ1v) is 6.60. The van der Waals surface area contributed by atoms with Crippen LogP contribution in [0.25, 0.3) is 0 Å². The van der Waals surface area contributed by atoms with E-state index in [1.165, 1.54) is 4.90 Å². The highest BCUT2D eigenvalue weighted by atomic mass is 35.5. The number of hydrogen-bond donors (Lipinski definition) is 2. The Morgan fingerprint density at radius 3 is 2.14 bits per heavy atom. The maximum Gasteiger partial charge on any atom is 0.243 e. The fraction of sp³-hybridized carbons (Fsp3) is 0.467. The zero-order chi connectivity index (χ0) is 15.4. The van der Waals surface area contributed by atoms with Crippen molar-refractivity contribution < 1.29 is 9.59 Å². The van der Waals surface area contributed by atoms with Gasteiger partial charge in [-0.25, -0.2) is 0 Å². The fourth-order valence-electron chi connectivity index (χ4n) is 2.20. The summed E-state index contributed by atoms with van der Waals surface area (Å²) in [5.41, 5.74) is 9.49. The second kappa shape index (κ2) is 8.00. The number of rotatable bonds is 4. The van der Waals surface area contributed by atoms with Crippen LogP contribution >= 0.6 is 12.4 Å². The van der Waals surface area contributed by atoms with E-state index in [0.29, 0.717) is 0 Å². The predicted molar refractivity (Wildman–Crippen MR) is 87.8 cm³/mol. The summed E-state index contributed by atoms with van der Waals surface area (Å²) in [7, 11) is 1.57. The van der Waals surface area contributed by atoms with E-state index in [9.17, 15) is 9.59 Å². The van der Waals surface area contributed by atoms with E-state index in [1.54, 1.807) is 14.0 Å². The van der Waals surface area contributed by atoms with Gasteiger partial charge in [-0.2, -0.15) is 0 Å². The van der Waals surface area contributed by atoms with Crippen molar-refractivity contribution in [2.24, 2.45) is 5.73 Å². The minimum Gasteiger partial charge on any atom is -0.335 e. The molecular weight excluding hydrogens is 290 g/mol. The van der Waals surface area contributed by atoms with E-state index in [0.717, 1.165) is 22.4 Å². The van der Waals surface area contributed by atoms with Gasteiger partial charge in [0.15, 0.2) is 0 Å². The number of carbonyl (C=O) groups excluding carboxylic acids is 2. The van der Waals surface area contributed by atoms with Crippen LogP contribution in [0, 0.1) is 20.8 Å². The van der Waals surface area contributed by atoms with Crippen molar-refractivity contribution in [1.29, 1.82) is 0 Å². The second-order valence-electron chi connectivity index (χ2n) is 5.30. The Labute approximate surface area is 132 Å². The van der Waals surface area contributed by atoms with E-state index in [-0.39, 0.29) is 30.8 Å². The van der Waals surface area contributed by atoms with Gasteiger partial charge in [0, 0.05) is 12.7 Å². The molecule has 0 aliphatic heterocycles. The Balaban J connectivity index is 0.00000400. The molecule has 6 heteroatoms. The zero-order valence-electron chi connectivity index (χ0n) is 13.2. The van der Waals surface area contributed by atoms with Crippen molar-refractivity contribution in [3.05, 3.63) is 28.8 Å². The summed E-state index contributed by atoms with van der Waals surface area (Å²) in [4.78, 5) is 25.0. The topological polar surface area (TPSA) is 75.4 Å². The maximum atomic E-state index is 12.0. The summed E-state index contributed by atoms with van der Waals surface area (Å²) >= 11 is 0. The molecule has 118 valence electrons. The number of aryl methyl sites for hydroxylation is 3. The minimum absolute atomic E-state index is 0. The molecule has 0 heterocycles. The van der Waals surface area contributed by atoms with Crippen molar-refractivity contribution in [2.75, 3.05) is 18.9 Å². The summed E-state index contributed by atoms with van der Waals surface area (Å²) in [5, 5.41) is 2.86. The number of nitrogens with two attached hydrogens (primary N) is 1. The van der Waals surface area contributed by atoms with Crippen molar-refractivity contribution in [1.82, 2.24) is 4.90 Å². The molecule has 0 saturated carbocycles. The highest BCUT2D eigenvalue weighted by molar-refractivity contribution is 5.96. The predicted octanol–water partition coefficient (Wildman–Crippen LogP) is 1.78. The van der Waals surface area contributed by atoms with E-state index >= 15 is 0 Å². The number of nitrogens with zero attached hydrogens (tertiary/aromatic N) is 1. The minimum atomic E-state index is -0.601. The standard InChI is InChI=1S/C15H23N3O2.ClH/c1-9-6-10(2)14(11(3)7-9)17-13(19)8-18(5)15(20)12(4)16;/h6-7,12H,8,16H2,1-5H3,(H,17,19);1H/t12-;/m1./s1. The van der Waals surface area contributed by atoms with Crippen LogP contribution in [-0.2, 0) is 9.59 Å². The van der Waals surface area contributed by atoms with Crippen LogP contribution in [0.1, 0.15) is 23.6 Å². The first kappa shape index (κ1) is 19.4. The number of halogens is 1. The van der Waals surface area contributed by atoms with Crippen LogP contribution in [0.4, 0.5) is 5.69 Å². The normalized spacial score (nSPS) is 11.3. The van der Waals surface area contributed by atoms with Gasteiger partial charge in [0.2, 0.25) is 11.8 Å². The molecule has 1 aromatic rings. The van der Waals surface area contributed by atoms with Crippen molar-refractivity contribution in [3.63, 3.8) is 0 Å². The highest BCUT2D eigenvalue weighted by Crippen LogP contribution is 2.21. The van der Waals surface area contributed by atoms with E-state index in [4.69, 9.17) is 5.73 Å². The molecule has 5 nitrogen and oxygen atoms in total. The van der Waals surface area contributed by atoms with Gasteiger partial charge in [-0.05, 0) is 38.8 Å². The third kappa shape index (κ3) is 5.36. The molecular formula is C15H24ClN3O2. The molecule has 1 rings (SSSR count). The van der Waals surface area contributed by atoms with Crippen LogP contribution in [0.3, 0.4) is 0 Å². The third-order valence-electron chi connectivity index (χ3n) is 3.09. The molecule has 0 spiro atoms. The van der Waals surface area contributed by atoms with Gasteiger partial charge in [0.25, 0.3) is 0 Å². The number of anilines is 1. The van der Waals surface area contributed by atoms with Gasteiger partial charge >= 0.3 is 0 Å². The lowest BCUT2D eigenvalue weighted by Crippen LogP contribution is -2.43. The third-order valence-corrected chi connectivity index (χ3v) is 3.09. The van der Waals surface area contributed by atoms with Gasteiger partial charge in [0.05, 0.1) is 12.6 Å². The van der Waals surface area contributed by atoms with Gasteiger partial charge in [-0.3, -0.25) is 9.59 Å². The molecule has 3 N–H and O–H groups in total. The van der Waals surface area contributed by atoms with Crippen molar-refractivity contribution >= 4 is 29.9 Å². The average Bonchev–Trinajstić information content (AvgIpc) is 2.32. The summed E-state index contributed by atoms with van der Waals surface area (Å²) < 4.78 is 0. The molecule has 21 heavy (non-hydrogen) atoms. The summed E-state index contributed by atoms with van der Waals surface area (Å²) in [6.07, 6.45) is 0. The molecule has 0 unspecified atom stereocenters. The monoisotopic (exact) mass is 313 g/mol. The summed E-state index contributed by atoms with van der Waals surface area (Å²) in [6.45, 7) is 7.51. The molecule has 0 radical (unpaired) electrons. The number of likely N-dealkylation sites (N-methyl/N-ethyl adjacent to an activating group) is 1. The first-order valence-electron chi connectivity index (χ1n) is 6.60. The summed E-state index contributed by atoms with van der Waals surface area (Å²) in [6, 6.07) is 3.43. The zero-order valence-corrected chi connectivity index (χ0v) is 14.0. The summed E-state index contributed by atoms with van der Waals surface area (Å²) in [5.74, 6) is -0.478. The molecule has 0 aromatic heterocycles. The molecule has 0 bridgehead atoms. The van der Waals surface area contributed by atoms with Gasteiger partial charge in [0.1, 0.15) is 0 Å². The molecule has 1 aromatic carbocycles. The van der Waals surface area contributed by atoms with Crippen molar-refractivity contribution in [3.8, 4) is 0 Å². The lowest BCUT2D eigenvalue weighted by molar-refractivity contribution is -0.134. The van der Waals surface area contributed by atoms with Gasteiger partial charge in [-0.15, -0.1) is 12.4 Å². The Morgan fingerprint density at radius 1 is 1.24 bits per heavy atom. The van der Waals surface area contributed by atoms with Gasteiger partial charge in [-0.1, -0.05) is 17.7 Å². The van der Waals surface area contributed by atoms with Crippen LogP contribution in [-0.4, -0.2) is 36.3 Å². The molecule has 1 atom stereocenters. The molecule has 2 amide bonds. The van der Waals surface area contributed by atoms with Crippen molar-refractivity contribution in [2.45, 2.75) is 33.7 Å². The quantitative estimate of drug-likeness (QED) is 0.889. The van der Waals surface area contributed by atoms with Crippen LogP contribution in [0.5, 0.6) is 0 Å². The molecule has 0 aliphatic rings. The van der Waals surface area contributed by atoms with E-state index in [1.807, 2.05) is 32.9 Å². The number of nitrogens with one attached hydrogen (secondary N) is 1. The largest absolute Gasteiger partial charge is 0.335 e. The number of hydrogen-bond acceptors (Lipinski definition) is 3. The van der Waals surface area contributed by atoms with Crippen LogP contribution in [0.2, 0.25) is 0 Å². The Morgan fingerprint density at radius 2 is 1.71 bits per heavy atom. The highest BCUT2D eigenvalue weighted by Gasteiger charge is 2.17. The molecule has 0 aliphatic carbocycles. The Kier molecular flexibility index (Phi) is 7.39. The molecule has 0 saturated heterocycles. The van der Waals surface area contributed by atoms with E-state index in [2.05, 4.69) is 5.32 Å². The fourth-order valence-corrected chi connectivity index (χ4v) is 2.20. The first-order chi connectivity index (χ1) is 9.22.